The van der Waals surface area contributed by atoms with E-state index in [9.17, 15) is 4.39 Å². The van der Waals surface area contributed by atoms with Crippen molar-refractivity contribution < 1.29 is 4.39 Å². The minimum absolute atomic E-state index is 0.0937. The quantitative estimate of drug-likeness (QED) is 0.831. The lowest BCUT2D eigenvalue weighted by atomic mass is 9.69. The van der Waals surface area contributed by atoms with E-state index >= 15 is 0 Å². The second kappa shape index (κ2) is 5.40. The third kappa shape index (κ3) is 2.50. The molecule has 0 spiro atoms. The van der Waals surface area contributed by atoms with E-state index < -0.39 is 0 Å². The fourth-order valence-corrected chi connectivity index (χ4v) is 3.34. The van der Waals surface area contributed by atoms with Crippen LogP contribution in [0.1, 0.15) is 37.7 Å². The highest BCUT2D eigenvalue weighted by Gasteiger charge is 2.32. The number of hydrogen-bond acceptors (Lipinski definition) is 2. The van der Waals surface area contributed by atoms with Crippen LogP contribution in [0.4, 0.5) is 4.39 Å². The number of hydrogen-bond donors (Lipinski definition) is 1. The van der Waals surface area contributed by atoms with E-state index in [2.05, 4.69) is 0 Å². The Morgan fingerprint density at radius 1 is 1.29 bits per heavy atom. The second-order valence-corrected chi connectivity index (χ2v) is 5.74. The zero-order valence-electron chi connectivity index (χ0n) is 10.3. The fraction of sp³-hybridized carbons (Fsp3) is 0.571. The molecule has 0 amide bonds. The lowest BCUT2D eigenvalue weighted by molar-refractivity contribution is 0.300. The number of rotatable bonds is 3. The largest absolute Gasteiger partial charge is 0.330 e. The lowest BCUT2D eigenvalue weighted by Gasteiger charge is -2.37. The predicted octanol–water partition coefficient (Wildman–Crippen LogP) is 3.71. The molecule has 1 nitrogen and oxygen atoms in total. The van der Waals surface area contributed by atoms with E-state index in [1.54, 1.807) is 6.07 Å². The summed E-state index contributed by atoms with van der Waals surface area (Å²) in [4.78, 5) is 0.737. The van der Waals surface area contributed by atoms with E-state index in [1.165, 1.54) is 36.6 Å². The molecular formula is C14H20FNS. The van der Waals surface area contributed by atoms with Crippen LogP contribution in [-0.2, 0) is 5.41 Å². The van der Waals surface area contributed by atoms with Gasteiger partial charge >= 0.3 is 0 Å². The molecule has 2 rings (SSSR count). The van der Waals surface area contributed by atoms with Crippen LogP contribution < -0.4 is 5.73 Å². The number of halogens is 1. The molecule has 94 valence electrons. The van der Waals surface area contributed by atoms with Crippen LogP contribution in [0.5, 0.6) is 0 Å². The number of benzene rings is 1. The Kier molecular flexibility index (Phi) is 4.10. The first-order chi connectivity index (χ1) is 8.22. The van der Waals surface area contributed by atoms with E-state index in [4.69, 9.17) is 5.73 Å². The highest BCUT2D eigenvalue weighted by Crippen LogP contribution is 2.39. The van der Waals surface area contributed by atoms with Gasteiger partial charge in [0, 0.05) is 16.9 Å². The van der Waals surface area contributed by atoms with Gasteiger partial charge in [0.2, 0.25) is 0 Å². The Bertz CT molecular complexity index is 386. The first kappa shape index (κ1) is 12.9. The predicted molar refractivity (Wildman–Crippen MR) is 72.0 cm³/mol. The molecule has 0 aliphatic heterocycles. The van der Waals surface area contributed by atoms with Crippen molar-refractivity contribution in [3.05, 3.63) is 29.6 Å². The summed E-state index contributed by atoms with van der Waals surface area (Å²) in [5.41, 5.74) is 7.32. The molecule has 1 saturated carbocycles. The van der Waals surface area contributed by atoms with Crippen LogP contribution >= 0.6 is 11.8 Å². The zero-order chi connectivity index (χ0) is 12.3. The maximum Gasteiger partial charge on any atom is 0.136 e. The Balaban J connectivity index is 2.36. The van der Waals surface area contributed by atoms with Crippen LogP contribution in [0, 0.1) is 5.82 Å². The van der Waals surface area contributed by atoms with Crippen molar-refractivity contribution in [3.63, 3.8) is 0 Å². The molecule has 1 aromatic carbocycles. The normalized spacial score (nSPS) is 19.2. The van der Waals surface area contributed by atoms with Gasteiger partial charge in [0.05, 0.1) is 0 Å². The highest BCUT2D eigenvalue weighted by atomic mass is 32.2. The van der Waals surface area contributed by atoms with Gasteiger partial charge in [-0.1, -0.05) is 25.3 Å². The Labute approximate surface area is 107 Å². The summed E-state index contributed by atoms with van der Waals surface area (Å²) in [7, 11) is 0. The minimum atomic E-state index is -0.121. The lowest BCUT2D eigenvalue weighted by Crippen LogP contribution is -2.37. The molecule has 0 heterocycles. The molecule has 1 aliphatic rings. The highest BCUT2D eigenvalue weighted by molar-refractivity contribution is 7.98. The van der Waals surface area contributed by atoms with Crippen LogP contribution in [0.25, 0.3) is 0 Å². The second-order valence-electron chi connectivity index (χ2n) is 4.89. The standard InChI is InChI=1S/C14H20FNS/c1-17-13-9-11(5-6-12(13)15)14(10-16)7-3-2-4-8-14/h5-6,9H,2-4,7-8,10,16H2,1H3. The molecular weight excluding hydrogens is 233 g/mol. The first-order valence-electron chi connectivity index (χ1n) is 6.26. The summed E-state index contributed by atoms with van der Waals surface area (Å²) in [6, 6.07) is 5.51. The smallest absolute Gasteiger partial charge is 0.136 e. The summed E-state index contributed by atoms with van der Waals surface area (Å²) < 4.78 is 13.5. The fourth-order valence-electron chi connectivity index (χ4n) is 2.83. The Morgan fingerprint density at radius 2 is 2.00 bits per heavy atom. The summed E-state index contributed by atoms with van der Waals surface area (Å²) in [6.07, 6.45) is 7.98. The van der Waals surface area contributed by atoms with Crippen LogP contribution in [0.15, 0.2) is 23.1 Å². The Hall–Kier alpha value is -0.540. The average molecular weight is 253 g/mol. The van der Waals surface area contributed by atoms with Crippen LogP contribution in [0.3, 0.4) is 0 Å². The van der Waals surface area contributed by atoms with Gasteiger partial charge in [0.15, 0.2) is 0 Å². The van der Waals surface area contributed by atoms with Gasteiger partial charge in [-0.3, -0.25) is 0 Å². The molecule has 0 radical (unpaired) electrons. The molecule has 17 heavy (non-hydrogen) atoms. The molecule has 0 aromatic heterocycles. The summed E-state index contributed by atoms with van der Waals surface area (Å²) in [5.74, 6) is -0.121. The van der Waals surface area contributed by atoms with Crippen molar-refractivity contribution in [1.82, 2.24) is 0 Å². The van der Waals surface area contributed by atoms with Crippen LogP contribution in [-0.4, -0.2) is 12.8 Å². The Morgan fingerprint density at radius 3 is 2.59 bits per heavy atom. The molecule has 0 atom stereocenters. The van der Waals surface area contributed by atoms with Gasteiger partial charge < -0.3 is 5.73 Å². The third-order valence-electron chi connectivity index (χ3n) is 3.96. The summed E-state index contributed by atoms with van der Waals surface area (Å²) in [5, 5.41) is 0. The van der Waals surface area contributed by atoms with E-state index in [1.807, 2.05) is 18.4 Å². The zero-order valence-corrected chi connectivity index (χ0v) is 11.2. The SMILES string of the molecule is CSc1cc(C2(CN)CCCCC2)ccc1F. The molecule has 1 fully saturated rings. The average Bonchev–Trinajstić information content (AvgIpc) is 2.40. The van der Waals surface area contributed by atoms with E-state index in [0.29, 0.717) is 6.54 Å². The monoisotopic (exact) mass is 253 g/mol. The number of nitrogens with two attached hydrogens (primary N) is 1. The first-order valence-corrected chi connectivity index (χ1v) is 7.48. The van der Waals surface area contributed by atoms with Gasteiger partial charge in [0.25, 0.3) is 0 Å². The molecule has 0 saturated heterocycles. The van der Waals surface area contributed by atoms with Crippen molar-refractivity contribution in [2.24, 2.45) is 5.73 Å². The molecule has 1 aromatic rings. The summed E-state index contributed by atoms with van der Waals surface area (Å²) >= 11 is 1.47. The minimum Gasteiger partial charge on any atom is -0.330 e. The van der Waals surface area contributed by atoms with Crippen molar-refractivity contribution >= 4 is 11.8 Å². The van der Waals surface area contributed by atoms with E-state index in [-0.39, 0.29) is 11.2 Å². The molecule has 0 bridgehead atoms. The topological polar surface area (TPSA) is 26.0 Å². The van der Waals surface area contributed by atoms with E-state index in [0.717, 1.165) is 17.7 Å². The van der Waals surface area contributed by atoms with Crippen molar-refractivity contribution in [3.8, 4) is 0 Å². The molecule has 0 unspecified atom stereocenters. The van der Waals surface area contributed by atoms with Crippen molar-refractivity contribution in [1.29, 1.82) is 0 Å². The maximum atomic E-state index is 13.5. The van der Waals surface area contributed by atoms with Gasteiger partial charge in [-0.2, -0.15) is 0 Å². The molecule has 1 aliphatic carbocycles. The van der Waals surface area contributed by atoms with Gasteiger partial charge in [-0.05, 0) is 36.8 Å². The van der Waals surface area contributed by atoms with Gasteiger partial charge in [-0.25, -0.2) is 4.39 Å². The summed E-state index contributed by atoms with van der Waals surface area (Å²) in [6.45, 7) is 0.673. The van der Waals surface area contributed by atoms with Crippen LogP contribution in [0.2, 0.25) is 0 Å². The van der Waals surface area contributed by atoms with Crippen molar-refractivity contribution in [2.75, 3.05) is 12.8 Å². The van der Waals surface area contributed by atoms with Gasteiger partial charge in [0.1, 0.15) is 5.82 Å². The maximum absolute atomic E-state index is 13.5. The molecule has 2 N–H and O–H groups in total. The van der Waals surface area contributed by atoms with Crippen molar-refractivity contribution in [2.45, 2.75) is 42.4 Å². The molecule has 3 heteroatoms. The number of thioether (sulfide) groups is 1. The third-order valence-corrected chi connectivity index (χ3v) is 4.72. The van der Waals surface area contributed by atoms with Gasteiger partial charge in [-0.15, -0.1) is 11.8 Å².